The van der Waals surface area contributed by atoms with E-state index in [1.165, 1.54) is 27.7 Å². The van der Waals surface area contributed by atoms with Crippen LogP contribution in [0.25, 0.3) is 0 Å². The van der Waals surface area contributed by atoms with Crippen molar-refractivity contribution >= 4 is 59.7 Å². The molecule has 400 valence electrons. The molecule has 0 aliphatic carbocycles. The van der Waals surface area contributed by atoms with E-state index in [2.05, 4.69) is 0 Å². The van der Waals surface area contributed by atoms with E-state index in [4.69, 9.17) is 47.4 Å². The van der Waals surface area contributed by atoms with Gasteiger partial charge in [0, 0.05) is 25.7 Å². The van der Waals surface area contributed by atoms with Crippen molar-refractivity contribution in [1.82, 2.24) is 0 Å². The first kappa shape index (κ1) is 62.7. The van der Waals surface area contributed by atoms with E-state index in [0.717, 1.165) is 6.42 Å². The van der Waals surface area contributed by atoms with Gasteiger partial charge in [0.05, 0.1) is 61.9 Å². The van der Waals surface area contributed by atoms with Gasteiger partial charge in [-0.25, -0.2) is 19.2 Å². The number of carbonyl (C=O) groups excluding carboxylic acids is 10. The van der Waals surface area contributed by atoms with E-state index in [-0.39, 0.29) is 61.8 Å². The number of esters is 10. The average molecular weight is 1000 g/mol. The van der Waals surface area contributed by atoms with Gasteiger partial charge in [0.25, 0.3) is 0 Å². The average Bonchev–Trinajstić information content (AvgIpc) is 3.88. The molecule has 4 saturated heterocycles. The van der Waals surface area contributed by atoms with Gasteiger partial charge in [-0.2, -0.15) is 0 Å². The summed E-state index contributed by atoms with van der Waals surface area (Å²) in [6.07, 6.45) is 3.01. The van der Waals surface area contributed by atoms with Gasteiger partial charge in [-0.3, -0.25) is 28.8 Å². The Balaban J connectivity index is 0.000000470. The van der Waals surface area contributed by atoms with Crippen molar-refractivity contribution in [2.45, 2.75) is 210 Å². The second kappa shape index (κ2) is 26.8. The van der Waals surface area contributed by atoms with Gasteiger partial charge in [0.1, 0.15) is 11.2 Å². The lowest BCUT2D eigenvalue weighted by Gasteiger charge is -2.35. The number of hydrogen-bond donors (Lipinski definition) is 0. The molecule has 4 aliphatic heterocycles. The van der Waals surface area contributed by atoms with Crippen molar-refractivity contribution in [2.75, 3.05) is 26.4 Å². The topological polar surface area (TPSA) is 263 Å². The zero-order chi connectivity index (χ0) is 54.1. The molecule has 0 aromatic carbocycles. The smallest absolute Gasteiger partial charge is 0.350 e. The Labute approximate surface area is 412 Å². The maximum Gasteiger partial charge on any atom is 0.350 e. The number of cyclic esters (lactones) is 4. The van der Waals surface area contributed by atoms with Crippen LogP contribution in [0.4, 0.5) is 0 Å². The fourth-order valence-electron chi connectivity index (χ4n) is 5.67. The van der Waals surface area contributed by atoms with E-state index in [9.17, 15) is 47.9 Å². The molecule has 0 aromatic rings. The fraction of sp³-hybridized carbons (Fsp3) is 0.800. The highest BCUT2D eigenvalue weighted by atomic mass is 16.6. The third-order valence-electron chi connectivity index (χ3n) is 12.4. The number of carbonyl (C=O) groups is 10. The molecule has 4 heterocycles. The maximum absolute atomic E-state index is 12.0. The Hall–Kier alpha value is -5.30. The minimum absolute atomic E-state index is 0.111. The molecule has 4 rings (SSSR count). The minimum Gasteiger partial charge on any atom is -0.465 e. The van der Waals surface area contributed by atoms with Crippen LogP contribution in [0.15, 0.2) is 0 Å². The summed E-state index contributed by atoms with van der Waals surface area (Å²) >= 11 is 0. The highest BCUT2D eigenvalue weighted by Crippen LogP contribution is 2.31. The molecule has 0 N–H and O–H groups in total. The first-order valence-corrected chi connectivity index (χ1v) is 24.1. The van der Waals surface area contributed by atoms with Crippen LogP contribution in [0.1, 0.15) is 175 Å². The lowest BCUT2D eigenvalue weighted by Crippen LogP contribution is -2.44. The zero-order valence-corrected chi connectivity index (χ0v) is 44.4. The summed E-state index contributed by atoms with van der Waals surface area (Å²) in [6, 6.07) is 0. The molecule has 0 amide bonds. The molecule has 20 nitrogen and oxygen atoms in total. The Bertz CT molecular complexity index is 1860. The van der Waals surface area contributed by atoms with E-state index < -0.39 is 81.3 Å². The minimum atomic E-state index is -1.44. The van der Waals surface area contributed by atoms with Gasteiger partial charge in [0.15, 0.2) is 0 Å². The van der Waals surface area contributed by atoms with Crippen LogP contribution in [0.2, 0.25) is 0 Å². The molecular formula is C50H80O20. The molecule has 6 atom stereocenters. The first-order chi connectivity index (χ1) is 32.1. The van der Waals surface area contributed by atoms with Gasteiger partial charge >= 0.3 is 59.7 Å². The molecule has 0 bridgehead atoms. The Kier molecular flexibility index (Phi) is 24.0. The normalized spacial score (nSPS) is 23.1. The Morgan fingerprint density at radius 3 is 1.26 bits per heavy atom. The molecule has 4 fully saturated rings. The summed E-state index contributed by atoms with van der Waals surface area (Å²) in [4.78, 5) is 116. The van der Waals surface area contributed by atoms with Crippen LogP contribution in [0.5, 0.6) is 0 Å². The molecule has 0 radical (unpaired) electrons. The first-order valence-electron chi connectivity index (χ1n) is 24.1. The van der Waals surface area contributed by atoms with Gasteiger partial charge in [-0.05, 0) is 94.9 Å². The van der Waals surface area contributed by atoms with Gasteiger partial charge in [-0.15, -0.1) is 0 Å². The summed E-state index contributed by atoms with van der Waals surface area (Å²) in [5.41, 5.74) is -5.39. The Morgan fingerprint density at radius 1 is 0.529 bits per heavy atom. The molecule has 4 aliphatic rings. The molecule has 0 aromatic heterocycles. The molecular weight excluding hydrogens is 921 g/mol. The predicted molar refractivity (Wildman–Crippen MR) is 248 cm³/mol. The largest absolute Gasteiger partial charge is 0.465 e. The van der Waals surface area contributed by atoms with Crippen LogP contribution in [-0.2, 0) is 95.3 Å². The van der Waals surface area contributed by atoms with Crippen LogP contribution in [-0.4, -0.2) is 121 Å². The lowest BCUT2D eigenvalue weighted by atomic mass is 9.89. The molecule has 0 saturated carbocycles. The lowest BCUT2D eigenvalue weighted by molar-refractivity contribution is -0.188. The Morgan fingerprint density at radius 2 is 0.900 bits per heavy atom. The van der Waals surface area contributed by atoms with Gasteiger partial charge in [-0.1, -0.05) is 41.5 Å². The molecule has 0 spiro atoms. The van der Waals surface area contributed by atoms with Crippen molar-refractivity contribution in [3.63, 3.8) is 0 Å². The quantitative estimate of drug-likeness (QED) is 0.117. The van der Waals surface area contributed by atoms with Crippen LogP contribution >= 0.6 is 0 Å². The zero-order valence-electron chi connectivity index (χ0n) is 44.4. The standard InChI is InChI=1S/C14H22O6.C13H20O6.C12H20O4.C11H18O4/c1-6-13(2,3)11(16)20-14(4,5)12(17)19-9-7-8-18-10(9)15;1-5-8(2)10(14)19-13(3,4)12(16)18-9-6-7-17-11(9)15;1-5-11(2,3)10(14)16-12(4)6-7-15-9(13)8-12;1-4-8(2)10(13)15-11(3)5-6-14-9(12)7-11/h9H,6-8H2,1-5H3;8-9H,5-7H2,1-4H3;5-8H2,1-4H3;8H,4-7H2,1-3H3. The number of rotatable bonds is 16. The van der Waals surface area contributed by atoms with Crippen molar-refractivity contribution in [2.24, 2.45) is 22.7 Å². The van der Waals surface area contributed by atoms with Crippen molar-refractivity contribution in [3.8, 4) is 0 Å². The summed E-state index contributed by atoms with van der Waals surface area (Å²) in [5.74, 6) is -5.00. The monoisotopic (exact) mass is 1000 g/mol. The third kappa shape index (κ3) is 20.2. The van der Waals surface area contributed by atoms with Crippen molar-refractivity contribution < 1.29 is 95.3 Å². The van der Waals surface area contributed by atoms with E-state index in [1.54, 1.807) is 34.6 Å². The molecule has 70 heavy (non-hydrogen) atoms. The van der Waals surface area contributed by atoms with E-state index in [0.29, 0.717) is 58.2 Å². The summed E-state index contributed by atoms with van der Waals surface area (Å²) in [6.45, 7) is 28.8. The van der Waals surface area contributed by atoms with Crippen LogP contribution in [0, 0.1) is 22.7 Å². The van der Waals surface area contributed by atoms with Gasteiger partial charge < -0.3 is 47.4 Å². The second-order valence-corrected chi connectivity index (χ2v) is 20.6. The number of hydrogen-bond acceptors (Lipinski definition) is 20. The maximum atomic E-state index is 12.0. The number of ether oxygens (including phenoxy) is 10. The van der Waals surface area contributed by atoms with Crippen LogP contribution < -0.4 is 0 Å². The molecule has 6 unspecified atom stereocenters. The van der Waals surface area contributed by atoms with Crippen molar-refractivity contribution in [3.05, 3.63) is 0 Å². The summed E-state index contributed by atoms with van der Waals surface area (Å²) in [7, 11) is 0. The SMILES string of the molecule is CCC(C)(C)C(=O)OC(C)(C)C(=O)OC1CCOC1=O.CCC(C)(C)C(=O)OC1(C)CCOC(=O)C1.CCC(C)C(=O)OC(C)(C)C(=O)OC1CCOC1=O.CCC(C)C(=O)OC1(C)CCOC(=O)C1. The highest BCUT2D eigenvalue weighted by Gasteiger charge is 2.44. The molecule has 20 heteroatoms. The predicted octanol–water partition coefficient (Wildman–Crippen LogP) is 6.55. The highest BCUT2D eigenvalue weighted by molar-refractivity contribution is 5.88. The second-order valence-electron chi connectivity index (χ2n) is 20.6. The van der Waals surface area contributed by atoms with Crippen LogP contribution in [0.3, 0.4) is 0 Å². The fourth-order valence-corrected chi connectivity index (χ4v) is 5.67. The third-order valence-corrected chi connectivity index (χ3v) is 12.4. The van der Waals surface area contributed by atoms with E-state index >= 15 is 0 Å². The van der Waals surface area contributed by atoms with Gasteiger partial charge in [0.2, 0.25) is 23.4 Å². The van der Waals surface area contributed by atoms with Crippen molar-refractivity contribution in [1.29, 1.82) is 0 Å². The summed E-state index contributed by atoms with van der Waals surface area (Å²) in [5, 5.41) is 0. The summed E-state index contributed by atoms with van der Waals surface area (Å²) < 4.78 is 50.3. The van der Waals surface area contributed by atoms with E-state index in [1.807, 2.05) is 48.5 Å².